The minimum Gasteiger partial charge on any atom is -0.497 e. The predicted molar refractivity (Wildman–Crippen MR) is 149 cm³/mol. The Labute approximate surface area is 228 Å². The molecule has 0 spiro atoms. The number of nitrogens with one attached hydrogen (secondary N) is 1. The van der Waals surface area contributed by atoms with Crippen molar-refractivity contribution < 1.29 is 23.8 Å². The fraction of sp³-hybridized carbons (Fsp3) is 0.400. The SMILES string of the molecule is COc1ccc(C(C(=O)NC2CCCCC2)N(Cc2ccccc2OC)C(=O)Cc2cccs2)c(OC)c1. The number of para-hydroxylation sites is 1. The third-order valence-electron chi connectivity index (χ3n) is 7.01. The molecule has 2 amide bonds. The van der Waals surface area contributed by atoms with Gasteiger partial charge < -0.3 is 24.4 Å². The van der Waals surface area contributed by atoms with Crippen LogP contribution in [0.4, 0.5) is 0 Å². The molecule has 1 heterocycles. The molecular weight excluding hydrogens is 500 g/mol. The molecular formula is C30H36N2O5S. The summed E-state index contributed by atoms with van der Waals surface area (Å²) in [4.78, 5) is 30.7. The first kappa shape index (κ1) is 27.5. The first-order chi connectivity index (χ1) is 18.5. The number of rotatable bonds is 11. The molecule has 1 fully saturated rings. The van der Waals surface area contributed by atoms with Gasteiger partial charge in [0.1, 0.15) is 23.3 Å². The molecule has 1 aliphatic carbocycles. The van der Waals surface area contributed by atoms with Gasteiger partial charge in [-0.05, 0) is 42.5 Å². The lowest BCUT2D eigenvalue weighted by atomic mass is 9.94. The normalized spacial score (nSPS) is 14.4. The summed E-state index contributed by atoms with van der Waals surface area (Å²) in [7, 11) is 4.75. The van der Waals surface area contributed by atoms with Crippen LogP contribution in [0.5, 0.6) is 17.2 Å². The van der Waals surface area contributed by atoms with Crippen molar-refractivity contribution in [1.82, 2.24) is 10.2 Å². The topological polar surface area (TPSA) is 77.1 Å². The lowest BCUT2D eigenvalue weighted by molar-refractivity contribution is -0.141. The van der Waals surface area contributed by atoms with Gasteiger partial charge in [0.05, 0.1) is 34.3 Å². The van der Waals surface area contributed by atoms with Crippen molar-refractivity contribution in [2.75, 3.05) is 21.3 Å². The molecule has 1 aliphatic rings. The summed E-state index contributed by atoms with van der Waals surface area (Å²) in [6.07, 6.45) is 5.43. The van der Waals surface area contributed by atoms with Crippen LogP contribution in [0.2, 0.25) is 0 Å². The number of hydrogen-bond donors (Lipinski definition) is 1. The first-order valence-corrected chi connectivity index (χ1v) is 13.9. The van der Waals surface area contributed by atoms with Crippen molar-refractivity contribution in [3.8, 4) is 17.2 Å². The van der Waals surface area contributed by atoms with Crippen molar-refractivity contribution in [2.45, 2.75) is 57.2 Å². The van der Waals surface area contributed by atoms with Gasteiger partial charge >= 0.3 is 0 Å². The summed E-state index contributed by atoms with van der Waals surface area (Å²) in [5.41, 5.74) is 1.42. The zero-order valence-corrected chi connectivity index (χ0v) is 23.1. The molecule has 1 saturated carbocycles. The molecule has 1 aromatic heterocycles. The van der Waals surface area contributed by atoms with Crippen molar-refractivity contribution in [3.05, 3.63) is 76.0 Å². The van der Waals surface area contributed by atoms with E-state index in [1.54, 1.807) is 38.4 Å². The van der Waals surface area contributed by atoms with Crippen LogP contribution in [0.25, 0.3) is 0 Å². The number of carbonyl (C=O) groups is 2. The van der Waals surface area contributed by atoms with Crippen LogP contribution in [0.15, 0.2) is 60.0 Å². The average molecular weight is 537 g/mol. The summed E-state index contributed by atoms with van der Waals surface area (Å²) >= 11 is 1.53. The standard InChI is InChI=1S/C30H36N2O5S/c1-35-23-15-16-25(27(18-23)37-3)29(30(34)31-22-11-5-4-6-12-22)32(28(33)19-24-13-9-17-38-24)20-21-10-7-8-14-26(21)36-2/h7-10,13-18,22,29H,4-6,11-12,19-20H2,1-3H3,(H,31,34). The van der Waals surface area contributed by atoms with Crippen LogP contribution in [-0.4, -0.2) is 44.1 Å². The minimum atomic E-state index is -0.907. The van der Waals surface area contributed by atoms with Crippen molar-refractivity contribution in [3.63, 3.8) is 0 Å². The maximum Gasteiger partial charge on any atom is 0.247 e. The van der Waals surface area contributed by atoms with E-state index in [4.69, 9.17) is 14.2 Å². The summed E-state index contributed by atoms with van der Waals surface area (Å²) in [6, 6.07) is 16.0. The van der Waals surface area contributed by atoms with Gasteiger partial charge in [0.15, 0.2) is 0 Å². The van der Waals surface area contributed by atoms with Gasteiger partial charge in [0, 0.05) is 28.1 Å². The van der Waals surface area contributed by atoms with E-state index in [0.29, 0.717) is 22.8 Å². The quantitative estimate of drug-likeness (QED) is 0.348. The second kappa shape index (κ2) is 13.3. The Morgan fingerprint density at radius 1 is 0.947 bits per heavy atom. The Bertz CT molecular complexity index is 1210. The minimum absolute atomic E-state index is 0.0866. The lowest BCUT2D eigenvalue weighted by Crippen LogP contribution is -2.47. The zero-order valence-electron chi connectivity index (χ0n) is 22.3. The smallest absolute Gasteiger partial charge is 0.247 e. The van der Waals surface area contributed by atoms with Crippen molar-refractivity contribution in [2.24, 2.45) is 0 Å². The van der Waals surface area contributed by atoms with Crippen LogP contribution in [0, 0.1) is 0 Å². The molecule has 202 valence electrons. The van der Waals surface area contributed by atoms with E-state index >= 15 is 0 Å². The van der Waals surface area contributed by atoms with Gasteiger partial charge in [-0.15, -0.1) is 11.3 Å². The fourth-order valence-electron chi connectivity index (χ4n) is 5.03. The Kier molecular flexibility index (Phi) is 9.65. The highest BCUT2D eigenvalue weighted by Crippen LogP contribution is 2.36. The average Bonchev–Trinajstić information content (AvgIpc) is 3.46. The third-order valence-corrected chi connectivity index (χ3v) is 7.88. The molecule has 0 saturated heterocycles. The van der Waals surface area contributed by atoms with E-state index in [2.05, 4.69) is 5.32 Å². The van der Waals surface area contributed by atoms with Gasteiger partial charge in [0.2, 0.25) is 11.8 Å². The Morgan fingerprint density at radius 2 is 1.71 bits per heavy atom. The number of amides is 2. The van der Waals surface area contributed by atoms with Gasteiger partial charge in [-0.3, -0.25) is 9.59 Å². The maximum atomic E-state index is 14.1. The third kappa shape index (κ3) is 6.67. The zero-order chi connectivity index (χ0) is 26.9. The van der Waals surface area contributed by atoms with Crippen LogP contribution in [0.1, 0.15) is 54.1 Å². The molecule has 2 aromatic carbocycles. The second-order valence-electron chi connectivity index (χ2n) is 9.44. The van der Waals surface area contributed by atoms with Crippen LogP contribution in [0.3, 0.4) is 0 Å². The number of methoxy groups -OCH3 is 3. The molecule has 0 aliphatic heterocycles. The van der Waals surface area contributed by atoms with E-state index in [0.717, 1.165) is 36.1 Å². The number of thiophene rings is 1. The van der Waals surface area contributed by atoms with Gasteiger partial charge in [-0.1, -0.05) is 43.5 Å². The molecule has 0 radical (unpaired) electrons. The van der Waals surface area contributed by atoms with Gasteiger partial charge in [-0.25, -0.2) is 0 Å². The van der Waals surface area contributed by atoms with Gasteiger partial charge in [0.25, 0.3) is 0 Å². The number of hydrogen-bond acceptors (Lipinski definition) is 6. The van der Waals surface area contributed by atoms with E-state index in [-0.39, 0.29) is 30.8 Å². The molecule has 1 unspecified atom stereocenters. The summed E-state index contributed by atoms with van der Waals surface area (Å²) in [5.74, 6) is 1.39. The summed E-state index contributed by atoms with van der Waals surface area (Å²) in [6.45, 7) is 0.201. The highest BCUT2D eigenvalue weighted by Gasteiger charge is 2.35. The molecule has 0 bridgehead atoms. The van der Waals surface area contributed by atoms with E-state index in [9.17, 15) is 9.59 Å². The van der Waals surface area contributed by atoms with Crippen LogP contribution in [-0.2, 0) is 22.6 Å². The number of benzene rings is 2. The predicted octanol–water partition coefficient (Wildman–Crippen LogP) is 5.54. The largest absolute Gasteiger partial charge is 0.497 e. The molecule has 4 rings (SSSR count). The highest BCUT2D eigenvalue weighted by molar-refractivity contribution is 7.10. The van der Waals surface area contributed by atoms with E-state index in [1.165, 1.54) is 17.8 Å². The number of nitrogens with zero attached hydrogens (tertiary/aromatic N) is 1. The highest BCUT2D eigenvalue weighted by atomic mass is 32.1. The summed E-state index contributed by atoms with van der Waals surface area (Å²) < 4.78 is 16.7. The Morgan fingerprint density at radius 3 is 2.39 bits per heavy atom. The molecule has 7 nitrogen and oxygen atoms in total. The lowest BCUT2D eigenvalue weighted by Gasteiger charge is -2.34. The molecule has 3 aromatic rings. The van der Waals surface area contributed by atoms with E-state index in [1.807, 2.05) is 47.8 Å². The second-order valence-corrected chi connectivity index (χ2v) is 10.5. The molecule has 38 heavy (non-hydrogen) atoms. The van der Waals surface area contributed by atoms with Crippen LogP contribution < -0.4 is 19.5 Å². The monoisotopic (exact) mass is 536 g/mol. The maximum absolute atomic E-state index is 14.1. The van der Waals surface area contributed by atoms with Crippen molar-refractivity contribution >= 4 is 23.2 Å². The fourth-order valence-corrected chi connectivity index (χ4v) is 5.72. The van der Waals surface area contributed by atoms with E-state index < -0.39 is 6.04 Å². The van der Waals surface area contributed by atoms with Crippen molar-refractivity contribution in [1.29, 1.82) is 0 Å². The Balaban J connectivity index is 1.79. The number of carbonyl (C=O) groups excluding carboxylic acids is 2. The molecule has 1 atom stereocenters. The molecule has 1 N–H and O–H groups in total. The first-order valence-electron chi connectivity index (χ1n) is 13.0. The summed E-state index contributed by atoms with van der Waals surface area (Å²) in [5, 5.41) is 5.21. The van der Waals surface area contributed by atoms with Gasteiger partial charge in [-0.2, -0.15) is 0 Å². The molecule has 8 heteroatoms. The Hall–Kier alpha value is -3.52. The number of ether oxygens (including phenoxy) is 3. The van der Waals surface area contributed by atoms with Crippen LogP contribution >= 0.6 is 11.3 Å².